The van der Waals surface area contributed by atoms with Crippen molar-refractivity contribution in [2.24, 2.45) is 5.73 Å². The number of para-hydroxylation sites is 1. The summed E-state index contributed by atoms with van der Waals surface area (Å²) in [5.41, 5.74) is 7.74. The highest BCUT2D eigenvalue weighted by Gasteiger charge is 2.23. The van der Waals surface area contributed by atoms with E-state index in [1.54, 1.807) is 25.3 Å². The minimum absolute atomic E-state index is 0.123. The molecule has 3 N–H and O–H groups in total. The molecule has 5 heteroatoms. The summed E-state index contributed by atoms with van der Waals surface area (Å²) >= 11 is 0. The zero-order valence-electron chi connectivity index (χ0n) is 11.3. The van der Waals surface area contributed by atoms with Gasteiger partial charge in [-0.25, -0.2) is 9.07 Å². The molecule has 2 aromatic rings. The Morgan fingerprint density at radius 3 is 2.63 bits per heavy atom. The number of aromatic nitrogens is 2. The number of hydrogen-bond donors (Lipinski definition) is 2. The number of nitrogens with zero attached hydrogens (tertiary/aromatic N) is 2. The van der Waals surface area contributed by atoms with Crippen molar-refractivity contribution in [3.05, 3.63) is 47.0 Å². The maximum atomic E-state index is 14.1. The molecule has 0 aliphatic heterocycles. The minimum Gasteiger partial charge on any atom is -0.392 e. The van der Waals surface area contributed by atoms with E-state index in [4.69, 9.17) is 5.73 Å². The first kappa shape index (κ1) is 13.7. The van der Waals surface area contributed by atoms with Gasteiger partial charge in [0.25, 0.3) is 0 Å². The van der Waals surface area contributed by atoms with E-state index in [1.807, 2.05) is 13.8 Å². The Labute approximate surface area is 111 Å². The summed E-state index contributed by atoms with van der Waals surface area (Å²) in [5, 5.41) is 13.5. The van der Waals surface area contributed by atoms with Crippen LogP contribution >= 0.6 is 0 Å². The summed E-state index contributed by atoms with van der Waals surface area (Å²) in [6.45, 7) is 5.28. The molecule has 0 aliphatic carbocycles. The molecule has 19 heavy (non-hydrogen) atoms. The number of rotatable bonds is 3. The van der Waals surface area contributed by atoms with Gasteiger partial charge < -0.3 is 10.8 Å². The summed E-state index contributed by atoms with van der Waals surface area (Å²) < 4.78 is 15.6. The van der Waals surface area contributed by atoms with Gasteiger partial charge in [0.15, 0.2) is 0 Å². The number of aryl methyl sites for hydroxylation is 1. The smallest absolute Gasteiger partial charge is 0.149 e. The molecule has 0 saturated heterocycles. The van der Waals surface area contributed by atoms with E-state index in [2.05, 4.69) is 5.10 Å². The van der Waals surface area contributed by atoms with Gasteiger partial charge in [-0.3, -0.25) is 0 Å². The second-order valence-corrected chi connectivity index (χ2v) is 5.20. The number of aliphatic hydroxyl groups excluding tert-OH is 1. The Balaban J connectivity index is 2.67. The third-order valence-corrected chi connectivity index (χ3v) is 3.08. The Morgan fingerprint density at radius 1 is 1.42 bits per heavy atom. The predicted octanol–water partition coefficient (Wildman–Crippen LogP) is 2.01. The standard InChI is InChI=1S/C14H18FN3O/c1-9-10(8-19)7-18(17-9)13-11(14(2,3)16)5-4-6-12(13)15/h4-7,19H,8,16H2,1-3H3. The van der Waals surface area contributed by atoms with Crippen molar-refractivity contribution in [2.45, 2.75) is 32.9 Å². The van der Waals surface area contributed by atoms with Crippen LogP contribution in [0.4, 0.5) is 4.39 Å². The predicted molar refractivity (Wildman–Crippen MR) is 71.4 cm³/mol. The summed E-state index contributed by atoms with van der Waals surface area (Å²) in [4.78, 5) is 0. The van der Waals surface area contributed by atoms with Gasteiger partial charge in [0.2, 0.25) is 0 Å². The second kappa shape index (κ2) is 4.75. The lowest BCUT2D eigenvalue weighted by molar-refractivity contribution is 0.281. The lowest BCUT2D eigenvalue weighted by Crippen LogP contribution is -2.30. The molecule has 0 atom stereocenters. The molecule has 0 unspecified atom stereocenters. The SMILES string of the molecule is Cc1nn(-c2c(F)cccc2C(C)(C)N)cc1CO. The quantitative estimate of drug-likeness (QED) is 0.890. The van der Waals surface area contributed by atoms with Crippen LogP contribution in [0.3, 0.4) is 0 Å². The van der Waals surface area contributed by atoms with E-state index in [1.165, 1.54) is 10.7 Å². The van der Waals surface area contributed by atoms with E-state index < -0.39 is 5.54 Å². The second-order valence-electron chi connectivity index (χ2n) is 5.20. The van der Waals surface area contributed by atoms with Crippen molar-refractivity contribution in [2.75, 3.05) is 0 Å². The third-order valence-electron chi connectivity index (χ3n) is 3.08. The van der Waals surface area contributed by atoms with Gasteiger partial charge >= 0.3 is 0 Å². The first-order chi connectivity index (χ1) is 8.84. The zero-order valence-corrected chi connectivity index (χ0v) is 11.3. The van der Waals surface area contributed by atoms with Gasteiger partial charge in [-0.2, -0.15) is 5.10 Å². The van der Waals surface area contributed by atoms with Crippen LogP contribution in [0.5, 0.6) is 0 Å². The lowest BCUT2D eigenvalue weighted by atomic mass is 9.93. The normalized spacial score (nSPS) is 11.9. The van der Waals surface area contributed by atoms with Gasteiger partial charge in [0, 0.05) is 22.9 Å². The molecule has 0 fully saturated rings. The fourth-order valence-corrected chi connectivity index (χ4v) is 2.03. The number of hydrogen-bond acceptors (Lipinski definition) is 3. The zero-order chi connectivity index (χ0) is 14.2. The molecule has 2 rings (SSSR count). The fourth-order valence-electron chi connectivity index (χ4n) is 2.03. The molecule has 1 aromatic heterocycles. The monoisotopic (exact) mass is 263 g/mol. The van der Waals surface area contributed by atoms with Crippen LogP contribution in [-0.4, -0.2) is 14.9 Å². The molecule has 1 aromatic carbocycles. The van der Waals surface area contributed by atoms with Crippen molar-refractivity contribution in [1.29, 1.82) is 0 Å². The molecule has 0 radical (unpaired) electrons. The molecule has 0 aliphatic rings. The average molecular weight is 263 g/mol. The topological polar surface area (TPSA) is 64.1 Å². The number of nitrogens with two attached hydrogens (primary N) is 1. The maximum Gasteiger partial charge on any atom is 0.149 e. The fraction of sp³-hybridized carbons (Fsp3) is 0.357. The van der Waals surface area contributed by atoms with E-state index in [0.29, 0.717) is 22.5 Å². The van der Waals surface area contributed by atoms with Crippen molar-refractivity contribution in [3.8, 4) is 5.69 Å². The van der Waals surface area contributed by atoms with Crippen LogP contribution in [0.1, 0.15) is 30.7 Å². The summed E-state index contributed by atoms with van der Waals surface area (Å²) in [5.74, 6) is -0.386. The van der Waals surface area contributed by atoms with Crippen LogP contribution in [0.25, 0.3) is 5.69 Å². The van der Waals surface area contributed by atoms with Gasteiger partial charge in [-0.1, -0.05) is 12.1 Å². The average Bonchev–Trinajstić information content (AvgIpc) is 2.68. The van der Waals surface area contributed by atoms with Crippen molar-refractivity contribution < 1.29 is 9.50 Å². The molecular weight excluding hydrogens is 245 g/mol. The van der Waals surface area contributed by atoms with Gasteiger partial charge in [0.05, 0.1) is 12.3 Å². The molecule has 0 amide bonds. The van der Waals surface area contributed by atoms with Gasteiger partial charge in [-0.05, 0) is 26.8 Å². The Kier molecular flexibility index (Phi) is 3.43. The van der Waals surface area contributed by atoms with Gasteiger partial charge in [-0.15, -0.1) is 0 Å². The largest absolute Gasteiger partial charge is 0.392 e. The number of aliphatic hydroxyl groups is 1. The van der Waals surface area contributed by atoms with Gasteiger partial charge in [0.1, 0.15) is 11.5 Å². The first-order valence-corrected chi connectivity index (χ1v) is 6.09. The summed E-state index contributed by atoms with van der Waals surface area (Å²) in [6, 6.07) is 4.79. The number of halogens is 1. The molecule has 0 spiro atoms. The minimum atomic E-state index is -0.684. The van der Waals surface area contributed by atoms with E-state index in [9.17, 15) is 9.50 Å². The van der Waals surface area contributed by atoms with Crippen LogP contribution in [0.15, 0.2) is 24.4 Å². The third kappa shape index (κ3) is 2.52. The first-order valence-electron chi connectivity index (χ1n) is 6.09. The number of benzene rings is 1. The molecule has 102 valence electrons. The Bertz CT molecular complexity index is 599. The van der Waals surface area contributed by atoms with Crippen LogP contribution < -0.4 is 5.73 Å². The molecule has 0 bridgehead atoms. The highest BCUT2D eigenvalue weighted by Crippen LogP contribution is 2.27. The Hall–Kier alpha value is -1.72. The highest BCUT2D eigenvalue weighted by molar-refractivity contribution is 5.46. The van der Waals surface area contributed by atoms with Crippen LogP contribution in [-0.2, 0) is 12.1 Å². The van der Waals surface area contributed by atoms with Crippen molar-refractivity contribution in [3.63, 3.8) is 0 Å². The van der Waals surface area contributed by atoms with Crippen LogP contribution in [0.2, 0.25) is 0 Å². The van der Waals surface area contributed by atoms with E-state index in [0.717, 1.165) is 0 Å². The summed E-state index contributed by atoms with van der Waals surface area (Å²) in [6.07, 6.45) is 1.63. The lowest BCUT2D eigenvalue weighted by Gasteiger charge is -2.23. The summed E-state index contributed by atoms with van der Waals surface area (Å²) in [7, 11) is 0. The maximum absolute atomic E-state index is 14.1. The Morgan fingerprint density at radius 2 is 2.11 bits per heavy atom. The molecule has 4 nitrogen and oxygen atoms in total. The highest BCUT2D eigenvalue weighted by atomic mass is 19.1. The van der Waals surface area contributed by atoms with Crippen LogP contribution in [0, 0.1) is 12.7 Å². The van der Waals surface area contributed by atoms with Crippen molar-refractivity contribution in [1.82, 2.24) is 9.78 Å². The van der Waals surface area contributed by atoms with E-state index in [-0.39, 0.29) is 12.4 Å². The molecule has 0 saturated carbocycles. The van der Waals surface area contributed by atoms with Crippen molar-refractivity contribution >= 4 is 0 Å². The van der Waals surface area contributed by atoms with E-state index >= 15 is 0 Å². The molecule has 1 heterocycles. The molecular formula is C14H18FN3O.